The van der Waals surface area contributed by atoms with Crippen LogP contribution in [0.15, 0.2) is 53.3 Å². The fourth-order valence-electron chi connectivity index (χ4n) is 2.15. The molecular formula is C16H14Cl2N4O. The van der Waals surface area contributed by atoms with E-state index in [9.17, 15) is 4.79 Å². The lowest BCUT2D eigenvalue weighted by Gasteiger charge is -2.04. The molecule has 2 aromatic carbocycles. The molecule has 0 amide bonds. The fourth-order valence-corrected chi connectivity index (χ4v) is 2.49. The molecule has 0 bridgehead atoms. The molecule has 0 aliphatic rings. The van der Waals surface area contributed by atoms with Crippen molar-refractivity contribution in [1.82, 2.24) is 14.8 Å². The van der Waals surface area contributed by atoms with E-state index in [2.05, 4.69) is 15.4 Å². The van der Waals surface area contributed by atoms with E-state index >= 15 is 0 Å². The first kappa shape index (κ1) is 15.6. The van der Waals surface area contributed by atoms with Crippen molar-refractivity contribution in [3.63, 3.8) is 0 Å². The van der Waals surface area contributed by atoms with Gasteiger partial charge in [-0.3, -0.25) is 4.98 Å². The van der Waals surface area contributed by atoms with E-state index in [1.807, 2.05) is 30.3 Å². The maximum Gasteiger partial charge on any atom is 0.343 e. The lowest BCUT2D eigenvalue weighted by molar-refractivity contribution is 0.651. The number of benzene rings is 2. The molecule has 1 aromatic heterocycles. The number of rotatable bonds is 5. The SMILES string of the molecule is O=c1[nH]c(CNc2ccc(Cl)cc2)nn1Cc1cccc(Cl)c1. The second kappa shape index (κ2) is 6.89. The predicted octanol–water partition coefficient (Wildman–Crippen LogP) is 3.54. The lowest BCUT2D eigenvalue weighted by Crippen LogP contribution is -2.18. The molecule has 7 heteroatoms. The number of nitrogens with zero attached hydrogens (tertiary/aromatic N) is 2. The zero-order valence-electron chi connectivity index (χ0n) is 12.1. The van der Waals surface area contributed by atoms with Gasteiger partial charge in [0.25, 0.3) is 0 Å². The Morgan fingerprint density at radius 1 is 1.09 bits per heavy atom. The van der Waals surface area contributed by atoms with E-state index in [-0.39, 0.29) is 5.69 Å². The number of hydrogen-bond donors (Lipinski definition) is 2. The molecular weight excluding hydrogens is 335 g/mol. The molecule has 3 rings (SSSR count). The van der Waals surface area contributed by atoms with Crippen LogP contribution in [-0.4, -0.2) is 14.8 Å². The highest BCUT2D eigenvalue weighted by molar-refractivity contribution is 6.30. The molecule has 0 radical (unpaired) electrons. The third-order valence-corrected chi connectivity index (χ3v) is 3.74. The maximum atomic E-state index is 12.0. The first-order chi connectivity index (χ1) is 11.1. The van der Waals surface area contributed by atoms with Gasteiger partial charge >= 0.3 is 5.69 Å². The van der Waals surface area contributed by atoms with E-state index < -0.39 is 0 Å². The summed E-state index contributed by atoms with van der Waals surface area (Å²) in [6, 6.07) is 14.7. The molecule has 0 aliphatic heterocycles. The van der Waals surface area contributed by atoms with Crippen LogP contribution in [0.25, 0.3) is 0 Å². The summed E-state index contributed by atoms with van der Waals surface area (Å²) in [6.07, 6.45) is 0. The van der Waals surface area contributed by atoms with Crippen LogP contribution < -0.4 is 11.0 Å². The first-order valence-electron chi connectivity index (χ1n) is 7.00. The molecule has 0 aliphatic carbocycles. The lowest BCUT2D eigenvalue weighted by atomic mass is 10.2. The molecule has 0 fully saturated rings. The highest BCUT2D eigenvalue weighted by Crippen LogP contribution is 2.14. The zero-order valence-corrected chi connectivity index (χ0v) is 13.6. The molecule has 0 saturated heterocycles. The molecule has 5 nitrogen and oxygen atoms in total. The van der Waals surface area contributed by atoms with Gasteiger partial charge in [-0.25, -0.2) is 9.48 Å². The van der Waals surface area contributed by atoms with Crippen LogP contribution in [0.3, 0.4) is 0 Å². The first-order valence-corrected chi connectivity index (χ1v) is 7.75. The van der Waals surface area contributed by atoms with Crippen molar-refractivity contribution in [2.45, 2.75) is 13.1 Å². The molecule has 23 heavy (non-hydrogen) atoms. The van der Waals surface area contributed by atoms with Gasteiger partial charge in [0.1, 0.15) is 5.82 Å². The van der Waals surface area contributed by atoms with E-state index in [1.165, 1.54) is 4.68 Å². The summed E-state index contributed by atoms with van der Waals surface area (Å²) < 4.78 is 1.38. The Morgan fingerprint density at radius 3 is 2.61 bits per heavy atom. The van der Waals surface area contributed by atoms with Crippen molar-refractivity contribution >= 4 is 28.9 Å². The third-order valence-electron chi connectivity index (χ3n) is 3.25. The summed E-state index contributed by atoms with van der Waals surface area (Å²) in [5, 5.41) is 8.77. The quantitative estimate of drug-likeness (QED) is 0.741. The Bertz CT molecular complexity index is 855. The zero-order chi connectivity index (χ0) is 16.2. The number of H-pyrrole nitrogens is 1. The predicted molar refractivity (Wildman–Crippen MR) is 92.2 cm³/mol. The molecule has 0 atom stereocenters. The average Bonchev–Trinajstić information content (AvgIpc) is 2.87. The van der Waals surface area contributed by atoms with Crippen molar-refractivity contribution in [1.29, 1.82) is 0 Å². The summed E-state index contributed by atoms with van der Waals surface area (Å²) in [5.41, 5.74) is 1.57. The van der Waals surface area contributed by atoms with Crippen LogP contribution in [0.5, 0.6) is 0 Å². The minimum Gasteiger partial charge on any atom is -0.378 e. The van der Waals surface area contributed by atoms with Crippen molar-refractivity contribution in [3.05, 3.63) is 80.4 Å². The number of nitrogens with one attached hydrogen (secondary N) is 2. The molecule has 3 aromatic rings. The van der Waals surface area contributed by atoms with Crippen molar-refractivity contribution in [2.24, 2.45) is 0 Å². The van der Waals surface area contributed by atoms with Crippen molar-refractivity contribution < 1.29 is 0 Å². The molecule has 0 spiro atoms. The number of aromatic nitrogens is 3. The molecule has 2 N–H and O–H groups in total. The fraction of sp³-hybridized carbons (Fsp3) is 0.125. The van der Waals surface area contributed by atoms with Crippen LogP contribution in [0.1, 0.15) is 11.4 Å². The van der Waals surface area contributed by atoms with Gasteiger partial charge in [-0.1, -0.05) is 35.3 Å². The summed E-state index contributed by atoms with van der Waals surface area (Å²) in [7, 11) is 0. The Kier molecular flexibility index (Phi) is 4.69. The van der Waals surface area contributed by atoms with Gasteiger partial charge in [-0.05, 0) is 42.0 Å². The smallest absolute Gasteiger partial charge is 0.343 e. The van der Waals surface area contributed by atoms with Gasteiger partial charge in [0.05, 0.1) is 13.1 Å². The van der Waals surface area contributed by atoms with E-state index in [1.54, 1.807) is 18.2 Å². The monoisotopic (exact) mass is 348 g/mol. The molecule has 118 valence electrons. The van der Waals surface area contributed by atoms with Gasteiger partial charge in [0, 0.05) is 15.7 Å². The van der Waals surface area contributed by atoms with Crippen LogP contribution in [0.2, 0.25) is 10.0 Å². The third kappa shape index (κ3) is 4.15. The molecule has 0 unspecified atom stereocenters. The second-order valence-electron chi connectivity index (χ2n) is 5.02. The van der Waals surface area contributed by atoms with E-state index in [0.29, 0.717) is 29.0 Å². The largest absolute Gasteiger partial charge is 0.378 e. The van der Waals surface area contributed by atoms with Gasteiger partial charge in [-0.15, -0.1) is 0 Å². The summed E-state index contributed by atoms with van der Waals surface area (Å²) in [5.74, 6) is 0.562. The standard InChI is InChI=1S/C16H14Cl2N4O/c17-12-4-6-14(7-5-12)19-9-15-20-16(23)22(21-15)10-11-2-1-3-13(18)8-11/h1-8,19H,9-10H2,(H,20,21,23). The van der Waals surface area contributed by atoms with Crippen LogP contribution in [-0.2, 0) is 13.1 Å². The molecule has 0 saturated carbocycles. The Hall–Kier alpha value is -2.24. The topological polar surface area (TPSA) is 62.7 Å². The van der Waals surface area contributed by atoms with Crippen LogP contribution in [0.4, 0.5) is 5.69 Å². The minimum absolute atomic E-state index is 0.252. The highest BCUT2D eigenvalue weighted by Gasteiger charge is 2.06. The number of halogens is 2. The number of hydrogen-bond acceptors (Lipinski definition) is 3. The van der Waals surface area contributed by atoms with E-state index in [4.69, 9.17) is 23.2 Å². The van der Waals surface area contributed by atoms with E-state index in [0.717, 1.165) is 11.3 Å². The summed E-state index contributed by atoms with van der Waals surface area (Å²) >= 11 is 11.8. The Morgan fingerprint density at radius 2 is 1.87 bits per heavy atom. The highest BCUT2D eigenvalue weighted by atomic mass is 35.5. The Labute approximate surface area is 142 Å². The van der Waals surface area contributed by atoms with Crippen molar-refractivity contribution in [2.75, 3.05) is 5.32 Å². The van der Waals surface area contributed by atoms with Crippen molar-refractivity contribution in [3.8, 4) is 0 Å². The Balaban J connectivity index is 1.68. The normalized spacial score (nSPS) is 10.7. The average molecular weight is 349 g/mol. The van der Waals surface area contributed by atoms with Gasteiger partial charge in [0.2, 0.25) is 0 Å². The second-order valence-corrected chi connectivity index (χ2v) is 5.90. The summed E-state index contributed by atoms with van der Waals surface area (Å²) in [6.45, 7) is 0.788. The molecule has 1 heterocycles. The maximum absolute atomic E-state index is 12.0. The van der Waals surface area contributed by atoms with Crippen LogP contribution in [0, 0.1) is 0 Å². The number of anilines is 1. The number of aromatic amines is 1. The minimum atomic E-state index is -0.252. The summed E-state index contributed by atoms with van der Waals surface area (Å²) in [4.78, 5) is 14.7. The van der Waals surface area contributed by atoms with Gasteiger partial charge < -0.3 is 5.32 Å². The van der Waals surface area contributed by atoms with Gasteiger partial charge in [-0.2, -0.15) is 5.10 Å². The van der Waals surface area contributed by atoms with Gasteiger partial charge in [0.15, 0.2) is 0 Å². The van der Waals surface area contributed by atoms with Crippen LogP contribution >= 0.6 is 23.2 Å².